The summed E-state index contributed by atoms with van der Waals surface area (Å²) in [6.07, 6.45) is 1.32. The molecule has 2 aromatic rings. The first-order valence-electron chi connectivity index (χ1n) is 10.8. The van der Waals surface area contributed by atoms with Gasteiger partial charge in [-0.25, -0.2) is 12.7 Å². The first-order chi connectivity index (χ1) is 15.0. The summed E-state index contributed by atoms with van der Waals surface area (Å²) in [5.74, 6) is -0.651. The average Bonchev–Trinajstić information content (AvgIpc) is 2.73. The highest BCUT2D eigenvalue weighted by molar-refractivity contribution is 7.88. The van der Waals surface area contributed by atoms with Crippen LogP contribution in [0.5, 0.6) is 0 Å². The number of rotatable bonds is 6. The van der Waals surface area contributed by atoms with E-state index in [0.717, 1.165) is 11.1 Å². The minimum Gasteiger partial charge on any atom is -0.349 e. The summed E-state index contributed by atoms with van der Waals surface area (Å²) in [4.78, 5) is 13.0. The van der Waals surface area contributed by atoms with Crippen molar-refractivity contribution in [2.24, 2.45) is 5.92 Å². The van der Waals surface area contributed by atoms with E-state index in [1.807, 2.05) is 13.8 Å². The minimum absolute atomic E-state index is 0.107. The molecule has 0 aromatic heterocycles. The number of halogens is 2. The van der Waals surface area contributed by atoms with Gasteiger partial charge in [-0.2, -0.15) is 0 Å². The lowest BCUT2D eigenvalue weighted by Crippen LogP contribution is -2.46. The van der Waals surface area contributed by atoms with Crippen molar-refractivity contribution in [3.05, 3.63) is 68.2 Å². The minimum atomic E-state index is -3.58. The molecule has 1 amide bonds. The third-order valence-corrected chi connectivity index (χ3v) is 8.74. The van der Waals surface area contributed by atoms with Crippen molar-refractivity contribution in [2.45, 2.75) is 52.3 Å². The summed E-state index contributed by atoms with van der Waals surface area (Å²) in [7, 11) is -3.58. The van der Waals surface area contributed by atoms with E-state index in [0.29, 0.717) is 35.0 Å². The van der Waals surface area contributed by atoms with Gasteiger partial charge in [-0.3, -0.25) is 4.79 Å². The Balaban J connectivity index is 1.67. The van der Waals surface area contributed by atoms with Crippen LogP contribution in [0.4, 0.5) is 0 Å². The van der Waals surface area contributed by atoms with Crippen molar-refractivity contribution in [2.75, 3.05) is 13.1 Å². The van der Waals surface area contributed by atoms with Crippen molar-refractivity contribution < 1.29 is 13.2 Å². The molecule has 0 bridgehead atoms. The third kappa shape index (κ3) is 5.84. The van der Waals surface area contributed by atoms with Crippen molar-refractivity contribution in [1.82, 2.24) is 9.62 Å². The van der Waals surface area contributed by atoms with Gasteiger partial charge in [-0.15, -0.1) is 0 Å². The second kappa shape index (κ2) is 10.1. The van der Waals surface area contributed by atoms with E-state index < -0.39 is 10.0 Å². The molecule has 1 saturated heterocycles. The Morgan fingerprint density at radius 1 is 1.09 bits per heavy atom. The van der Waals surface area contributed by atoms with E-state index in [2.05, 4.69) is 31.3 Å². The van der Waals surface area contributed by atoms with Crippen LogP contribution in [-0.2, 0) is 20.6 Å². The van der Waals surface area contributed by atoms with E-state index in [9.17, 15) is 13.2 Å². The molecule has 0 saturated carbocycles. The quantitative estimate of drug-likeness (QED) is 0.586. The highest BCUT2D eigenvalue weighted by Crippen LogP contribution is 2.27. The molecule has 0 radical (unpaired) electrons. The molecule has 1 N–H and O–H groups in total. The van der Waals surface area contributed by atoms with Gasteiger partial charge in [-0.05, 0) is 80.5 Å². The zero-order valence-electron chi connectivity index (χ0n) is 18.9. The van der Waals surface area contributed by atoms with Gasteiger partial charge in [0.05, 0.1) is 27.8 Å². The summed E-state index contributed by atoms with van der Waals surface area (Å²) in [6, 6.07) is 8.93. The van der Waals surface area contributed by atoms with Crippen LogP contribution in [0.2, 0.25) is 10.0 Å². The van der Waals surface area contributed by atoms with Gasteiger partial charge in [-0.1, -0.05) is 41.4 Å². The molecule has 2 atom stereocenters. The molecule has 2 unspecified atom stereocenters. The molecule has 174 valence electrons. The van der Waals surface area contributed by atoms with Gasteiger partial charge in [0.15, 0.2) is 0 Å². The first kappa shape index (κ1) is 25.0. The van der Waals surface area contributed by atoms with Crippen LogP contribution in [0.3, 0.4) is 0 Å². The van der Waals surface area contributed by atoms with Crippen molar-refractivity contribution in [3.63, 3.8) is 0 Å². The van der Waals surface area contributed by atoms with E-state index >= 15 is 0 Å². The Morgan fingerprint density at radius 2 is 1.78 bits per heavy atom. The number of amides is 1. The number of benzene rings is 2. The number of piperidine rings is 1. The molecule has 5 nitrogen and oxygen atoms in total. The van der Waals surface area contributed by atoms with Crippen LogP contribution >= 0.6 is 23.2 Å². The van der Waals surface area contributed by atoms with Crippen molar-refractivity contribution in [1.29, 1.82) is 0 Å². The number of nitrogens with one attached hydrogen (secondary N) is 1. The first-order valence-corrected chi connectivity index (χ1v) is 13.1. The van der Waals surface area contributed by atoms with Crippen LogP contribution in [0, 0.1) is 26.7 Å². The maximum Gasteiger partial charge on any atom is 0.224 e. The number of aryl methyl sites for hydroxylation is 3. The van der Waals surface area contributed by atoms with E-state index in [1.54, 1.807) is 18.2 Å². The summed E-state index contributed by atoms with van der Waals surface area (Å²) >= 11 is 12.0. The van der Waals surface area contributed by atoms with Gasteiger partial charge in [0, 0.05) is 13.1 Å². The topological polar surface area (TPSA) is 66.5 Å². The molecular weight excluding hydrogens is 467 g/mol. The largest absolute Gasteiger partial charge is 0.349 e. The lowest BCUT2D eigenvalue weighted by atomic mass is 9.95. The molecular formula is C24H30Cl2N2O3S. The Labute approximate surface area is 201 Å². The molecule has 1 aliphatic rings. The predicted octanol–water partition coefficient (Wildman–Crippen LogP) is 5.34. The smallest absolute Gasteiger partial charge is 0.224 e. The predicted molar refractivity (Wildman–Crippen MR) is 131 cm³/mol. The Hall–Kier alpha value is -1.60. The number of hydrogen-bond donors (Lipinski definition) is 1. The summed E-state index contributed by atoms with van der Waals surface area (Å²) in [5.41, 5.74) is 5.20. The van der Waals surface area contributed by atoms with Crippen LogP contribution in [0.15, 0.2) is 30.3 Å². The van der Waals surface area contributed by atoms with Crippen molar-refractivity contribution in [3.8, 4) is 0 Å². The van der Waals surface area contributed by atoms with Gasteiger partial charge in [0.25, 0.3) is 0 Å². The van der Waals surface area contributed by atoms with E-state index in [4.69, 9.17) is 23.2 Å². The zero-order valence-corrected chi connectivity index (χ0v) is 21.2. The van der Waals surface area contributed by atoms with E-state index in [-0.39, 0.29) is 30.2 Å². The van der Waals surface area contributed by atoms with E-state index in [1.165, 1.54) is 15.4 Å². The molecule has 1 fully saturated rings. The second-order valence-corrected chi connectivity index (χ2v) is 11.5. The molecule has 32 heavy (non-hydrogen) atoms. The van der Waals surface area contributed by atoms with Crippen molar-refractivity contribution >= 4 is 39.1 Å². The molecule has 0 spiro atoms. The fourth-order valence-electron chi connectivity index (χ4n) is 4.20. The van der Waals surface area contributed by atoms with Gasteiger partial charge < -0.3 is 5.32 Å². The molecule has 2 aromatic carbocycles. The summed E-state index contributed by atoms with van der Waals surface area (Å²) in [5, 5.41) is 3.81. The maximum absolute atomic E-state index is 13.0. The number of carbonyl (C=O) groups excluding carboxylic acids is 1. The number of carbonyl (C=O) groups is 1. The fraction of sp³-hybridized carbons (Fsp3) is 0.458. The van der Waals surface area contributed by atoms with Gasteiger partial charge >= 0.3 is 0 Å². The Morgan fingerprint density at radius 3 is 2.47 bits per heavy atom. The standard InChI is InChI=1S/C24H30Cl2N2O3S/c1-15-10-17(3)21(11-16(15)2)18(4)27-24(29)20-6-5-9-28(13-20)32(30,31)14-19-7-8-22(25)23(26)12-19/h7-8,10-12,18,20H,5-6,9,13-14H2,1-4H3,(H,27,29). The van der Waals surface area contributed by atoms with Gasteiger partial charge in [0.2, 0.25) is 15.9 Å². The molecule has 8 heteroatoms. The Bertz CT molecular complexity index is 1120. The third-order valence-electron chi connectivity index (χ3n) is 6.19. The SMILES string of the molecule is Cc1cc(C)c(C(C)NC(=O)C2CCCN(S(=O)(=O)Cc3ccc(Cl)c(Cl)c3)C2)cc1C. The lowest BCUT2D eigenvalue weighted by Gasteiger charge is -2.32. The lowest BCUT2D eigenvalue weighted by molar-refractivity contribution is -0.126. The summed E-state index contributed by atoms with van der Waals surface area (Å²) in [6.45, 7) is 8.75. The number of sulfonamides is 1. The molecule has 0 aliphatic carbocycles. The number of hydrogen-bond acceptors (Lipinski definition) is 3. The molecule has 1 heterocycles. The maximum atomic E-state index is 13.0. The molecule has 1 aliphatic heterocycles. The van der Waals surface area contributed by atoms with Crippen LogP contribution in [-0.4, -0.2) is 31.7 Å². The normalized spacial score (nSPS) is 18.4. The second-order valence-electron chi connectivity index (χ2n) is 8.73. The zero-order chi connectivity index (χ0) is 23.6. The highest BCUT2D eigenvalue weighted by Gasteiger charge is 2.33. The average molecular weight is 497 g/mol. The number of nitrogens with zero attached hydrogens (tertiary/aromatic N) is 1. The Kier molecular flexibility index (Phi) is 7.92. The highest BCUT2D eigenvalue weighted by atomic mass is 35.5. The van der Waals surface area contributed by atoms with Crippen LogP contribution in [0.25, 0.3) is 0 Å². The monoisotopic (exact) mass is 496 g/mol. The fourth-order valence-corrected chi connectivity index (χ4v) is 6.12. The molecule has 3 rings (SSSR count). The van der Waals surface area contributed by atoms with Gasteiger partial charge in [0.1, 0.15) is 0 Å². The van der Waals surface area contributed by atoms with Crippen LogP contribution < -0.4 is 5.32 Å². The summed E-state index contributed by atoms with van der Waals surface area (Å²) < 4.78 is 27.4. The van der Waals surface area contributed by atoms with Crippen LogP contribution in [0.1, 0.15) is 53.6 Å².